The molecule has 0 aromatic carbocycles. The summed E-state index contributed by atoms with van der Waals surface area (Å²) in [5, 5.41) is 12.3. The van der Waals surface area contributed by atoms with Gasteiger partial charge in [-0.05, 0) is 0 Å². The van der Waals surface area contributed by atoms with Gasteiger partial charge in [-0.15, -0.1) is 5.10 Å². The van der Waals surface area contributed by atoms with Crippen molar-refractivity contribution in [3.63, 3.8) is 0 Å². The molecule has 0 saturated carbocycles. The van der Waals surface area contributed by atoms with Crippen molar-refractivity contribution in [1.82, 2.24) is 20.2 Å². The van der Waals surface area contributed by atoms with Crippen LogP contribution in [0, 0.1) is 17.2 Å². The molecule has 0 fully saturated rings. The van der Waals surface area contributed by atoms with Crippen molar-refractivity contribution in [2.75, 3.05) is 0 Å². The number of rotatable bonds is 3. The molecule has 1 atom stereocenters. The van der Waals surface area contributed by atoms with Crippen LogP contribution in [0.1, 0.15) is 12.7 Å². The number of hydrazine groups is 1. The maximum Gasteiger partial charge on any atom is 0.252 e. The number of hydrogen-bond acceptors (Lipinski definition) is 5. The second-order valence-electron chi connectivity index (χ2n) is 2.81. The highest BCUT2D eigenvalue weighted by Crippen LogP contribution is 1.98. The molecule has 0 spiro atoms. The van der Waals surface area contributed by atoms with Crippen LogP contribution in [0.5, 0.6) is 0 Å². The molecule has 1 unspecified atom stereocenters. The van der Waals surface area contributed by atoms with E-state index in [0.29, 0.717) is 6.54 Å². The van der Waals surface area contributed by atoms with Gasteiger partial charge in [0.15, 0.2) is 0 Å². The zero-order valence-corrected chi connectivity index (χ0v) is 7.64. The van der Waals surface area contributed by atoms with Crippen LogP contribution in [0.4, 0.5) is 0 Å². The average Bonchev–Trinajstić information content (AvgIpc) is 2.64. The van der Waals surface area contributed by atoms with E-state index in [2.05, 4.69) is 10.1 Å². The van der Waals surface area contributed by atoms with Crippen LogP contribution in [-0.2, 0) is 11.3 Å². The first-order chi connectivity index (χ1) is 6.67. The molecule has 0 radical (unpaired) electrons. The average molecular weight is 194 g/mol. The molecule has 1 aromatic heterocycles. The van der Waals surface area contributed by atoms with Crippen LogP contribution in [0.25, 0.3) is 0 Å². The van der Waals surface area contributed by atoms with Crippen LogP contribution >= 0.6 is 0 Å². The SMILES string of the molecule is CC(Cn1cnc(C#N)n1)C(=O)NN. The minimum Gasteiger partial charge on any atom is -0.294 e. The molecule has 0 aliphatic rings. The van der Waals surface area contributed by atoms with Gasteiger partial charge in [-0.2, -0.15) is 5.26 Å². The molecule has 0 saturated heterocycles. The van der Waals surface area contributed by atoms with Gasteiger partial charge in [-0.1, -0.05) is 6.92 Å². The molecule has 0 aliphatic carbocycles. The Hall–Kier alpha value is -1.94. The van der Waals surface area contributed by atoms with Gasteiger partial charge in [0.05, 0.1) is 12.5 Å². The third kappa shape index (κ3) is 2.27. The summed E-state index contributed by atoms with van der Waals surface area (Å²) in [6.45, 7) is 2.05. The highest BCUT2D eigenvalue weighted by Gasteiger charge is 2.12. The Bertz CT molecular complexity index is 365. The summed E-state index contributed by atoms with van der Waals surface area (Å²) in [5.41, 5.74) is 2.04. The van der Waals surface area contributed by atoms with Gasteiger partial charge in [0.2, 0.25) is 5.91 Å². The maximum atomic E-state index is 11.0. The number of nitrogens with zero attached hydrogens (tertiary/aromatic N) is 4. The number of nitrogens with one attached hydrogen (secondary N) is 1. The van der Waals surface area contributed by atoms with Gasteiger partial charge in [-0.3, -0.25) is 14.9 Å². The second-order valence-corrected chi connectivity index (χ2v) is 2.81. The normalized spacial score (nSPS) is 11.8. The van der Waals surface area contributed by atoms with Gasteiger partial charge < -0.3 is 0 Å². The summed E-state index contributed by atoms with van der Waals surface area (Å²) in [6.07, 6.45) is 1.40. The monoisotopic (exact) mass is 194 g/mol. The molecular formula is C7H10N6O. The number of amides is 1. The van der Waals surface area contributed by atoms with Crippen molar-refractivity contribution in [1.29, 1.82) is 5.26 Å². The van der Waals surface area contributed by atoms with E-state index in [1.165, 1.54) is 11.0 Å². The van der Waals surface area contributed by atoms with E-state index in [1.54, 1.807) is 13.0 Å². The Balaban J connectivity index is 2.61. The Morgan fingerprint density at radius 1 is 1.93 bits per heavy atom. The quantitative estimate of drug-likeness (QED) is 0.356. The fraction of sp³-hybridized carbons (Fsp3) is 0.429. The van der Waals surface area contributed by atoms with Crippen molar-refractivity contribution in [3.05, 3.63) is 12.2 Å². The molecule has 74 valence electrons. The molecule has 1 heterocycles. The molecule has 1 rings (SSSR count). The third-order valence-electron chi connectivity index (χ3n) is 1.69. The van der Waals surface area contributed by atoms with Crippen LogP contribution in [0.3, 0.4) is 0 Å². The number of aromatic nitrogens is 3. The van der Waals surface area contributed by atoms with Crippen molar-refractivity contribution in [3.8, 4) is 6.07 Å². The third-order valence-corrected chi connectivity index (χ3v) is 1.69. The standard InChI is InChI=1S/C7H10N6O/c1-5(7(14)11-9)3-13-4-10-6(2-8)12-13/h4-5H,3,9H2,1H3,(H,11,14). The molecule has 7 nitrogen and oxygen atoms in total. The van der Waals surface area contributed by atoms with E-state index < -0.39 is 0 Å². The van der Waals surface area contributed by atoms with Crippen molar-refractivity contribution in [2.24, 2.45) is 11.8 Å². The summed E-state index contributed by atoms with van der Waals surface area (Å²) < 4.78 is 1.43. The summed E-state index contributed by atoms with van der Waals surface area (Å²) in [4.78, 5) is 14.7. The molecule has 0 bridgehead atoms. The fourth-order valence-corrected chi connectivity index (χ4v) is 0.940. The summed E-state index contributed by atoms with van der Waals surface area (Å²) >= 11 is 0. The smallest absolute Gasteiger partial charge is 0.252 e. The van der Waals surface area contributed by atoms with Crippen LogP contribution in [0.15, 0.2) is 6.33 Å². The summed E-state index contributed by atoms with van der Waals surface area (Å²) in [6, 6.07) is 1.80. The second kappa shape index (κ2) is 4.34. The van der Waals surface area contributed by atoms with E-state index >= 15 is 0 Å². The molecule has 1 amide bonds. The highest BCUT2D eigenvalue weighted by atomic mass is 16.2. The summed E-state index contributed by atoms with van der Waals surface area (Å²) in [5.74, 6) is 4.46. The van der Waals surface area contributed by atoms with Gasteiger partial charge in [0.1, 0.15) is 12.4 Å². The predicted octanol–water partition coefficient (Wildman–Crippen LogP) is -1.22. The molecular weight excluding hydrogens is 184 g/mol. The van der Waals surface area contributed by atoms with Crippen LogP contribution in [0.2, 0.25) is 0 Å². The van der Waals surface area contributed by atoms with Crippen molar-refractivity contribution >= 4 is 5.91 Å². The number of nitriles is 1. The van der Waals surface area contributed by atoms with Gasteiger partial charge in [0.25, 0.3) is 5.82 Å². The molecule has 0 aliphatic heterocycles. The lowest BCUT2D eigenvalue weighted by Crippen LogP contribution is -2.36. The van der Waals surface area contributed by atoms with E-state index in [4.69, 9.17) is 11.1 Å². The Morgan fingerprint density at radius 2 is 2.64 bits per heavy atom. The molecule has 14 heavy (non-hydrogen) atoms. The van der Waals surface area contributed by atoms with E-state index in [1.807, 2.05) is 5.43 Å². The highest BCUT2D eigenvalue weighted by molar-refractivity contribution is 5.77. The molecule has 7 heteroatoms. The largest absolute Gasteiger partial charge is 0.294 e. The lowest BCUT2D eigenvalue weighted by Gasteiger charge is -2.08. The number of hydrogen-bond donors (Lipinski definition) is 2. The molecule has 1 aromatic rings. The van der Waals surface area contributed by atoms with Crippen LogP contribution in [-0.4, -0.2) is 20.7 Å². The van der Waals surface area contributed by atoms with Gasteiger partial charge >= 0.3 is 0 Å². The molecule has 3 N–H and O–H groups in total. The Kier molecular flexibility index (Phi) is 3.14. The first-order valence-electron chi connectivity index (χ1n) is 3.97. The Labute approximate surface area is 80.5 Å². The van der Waals surface area contributed by atoms with E-state index in [-0.39, 0.29) is 17.6 Å². The number of nitrogens with two attached hydrogens (primary N) is 1. The summed E-state index contributed by atoms with van der Waals surface area (Å²) in [7, 11) is 0. The van der Waals surface area contributed by atoms with E-state index in [0.717, 1.165) is 0 Å². The lowest BCUT2D eigenvalue weighted by atomic mass is 10.2. The first kappa shape index (κ1) is 10.1. The van der Waals surface area contributed by atoms with E-state index in [9.17, 15) is 4.79 Å². The van der Waals surface area contributed by atoms with Gasteiger partial charge in [-0.25, -0.2) is 10.8 Å². The minimum absolute atomic E-state index is 0.0883. The van der Waals surface area contributed by atoms with Crippen molar-refractivity contribution in [2.45, 2.75) is 13.5 Å². The Morgan fingerprint density at radius 3 is 3.14 bits per heavy atom. The lowest BCUT2D eigenvalue weighted by molar-refractivity contribution is -0.125. The maximum absolute atomic E-state index is 11.0. The fourth-order valence-electron chi connectivity index (χ4n) is 0.940. The number of carbonyl (C=O) groups is 1. The minimum atomic E-state index is -0.312. The zero-order valence-electron chi connectivity index (χ0n) is 7.64. The van der Waals surface area contributed by atoms with Gasteiger partial charge in [0, 0.05) is 0 Å². The zero-order chi connectivity index (χ0) is 10.6. The first-order valence-corrected chi connectivity index (χ1v) is 3.97. The van der Waals surface area contributed by atoms with Crippen LogP contribution < -0.4 is 11.3 Å². The predicted molar refractivity (Wildman–Crippen MR) is 46.2 cm³/mol. The van der Waals surface area contributed by atoms with Crippen molar-refractivity contribution < 1.29 is 4.79 Å². The topological polar surface area (TPSA) is 110 Å². The number of carbonyl (C=O) groups excluding carboxylic acids is 1.